The molecule has 3 heteroatoms. The Labute approximate surface area is 125 Å². The summed E-state index contributed by atoms with van der Waals surface area (Å²) in [7, 11) is 0. The van der Waals surface area contributed by atoms with Crippen LogP contribution in [0.3, 0.4) is 0 Å². The molecule has 1 aromatic rings. The highest BCUT2D eigenvalue weighted by Crippen LogP contribution is 2.57. The summed E-state index contributed by atoms with van der Waals surface area (Å²) < 4.78 is 0. The van der Waals surface area contributed by atoms with Crippen LogP contribution in [0, 0.1) is 11.8 Å². The van der Waals surface area contributed by atoms with Crippen LogP contribution in [-0.2, 0) is 6.54 Å². The number of nitrogens with one attached hydrogen (secondary N) is 1. The van der Waals surface area contributed by atoms with Gasteiger partial charge in [-0.1, -0.05) is 29.8 Å². The van der Waals surface area contributed by atoms with Crippen LogP contribution in [0.1, 0.15) is 44.1 Å². The zero-order valence-electron chi connectivity index (χ0n) is 11.7. The van der Waals surface area contributed by atoms with Crippen molar-refractivity contribution >= 4 is 11.6 Å². The largest absolute Gasteiger partial charge is 0.390 e. The highest BCUT2D eigenvalue weighted by molar-refractivity contribution is 6.31. The van der Waals surface area contributed by atoms with Gasteiger partial charge in [0.15, 0.2) is 0 Å². The minimum Gasteiger partial charge on any atom is -0.390 e. The molecule has 4 aliphatic rings. The third-order valence-corrected chi connectivity index (χ3v) is 6.01. The van der Waals surface area contributed by atoms with Crippen LogP contribution in [0.2, 0.25) is 5.02 Å². The molecule has 0 radical (unpaired) electrons. The van der Waals surface area contributed by atoms with Crippen molar-refractivity contribution in [3.05, 3.63) is 34.9 Å². The van der Waals surface area contributed by atoms with E-state index in [1.54, 1.807) is 0 Å². The lowest BCUT2D eigenvalue weighted by Gasteiger charge is -2.60. The number of aliphatic hydroxyl groups is 1. The van der Waals surface area contributed by atoms with E-state index in [0.717, 1.165) is 48.2 Å². The number of benzene rings is 1. The molecule has 1 aromatic carbocycles. The molecule has 2 nitrogen and oxygen atoms in total. The second-order valence-electron chi connectivity index (χ2n) is 7.41. The molecule has 0 unspecified atom stereocenters. The third kappa shape index (κ3) is 2.18. The van der Waals surface area contributed by atoms with Crippen molar-refractivity contribution in [3.63, 3.8) is 0 Å². The highest BCUT2D eigenvalue weighted by atomic mass is 35.5. The molecule has 4 bridgehead atoms. The van der Waals surface area contributed by atoms with E-state index in [0.29, 0.717) is 0 Å². The minimum atomic E-state index is -0.391. The van der Waals surface area contributed by atoms with E-state index in [1.165, 1.54) is 19.3 Å². The van der Waals surface area contributed by atoms with Gasteiger partial charge in [-0.15, -0.1) is 0 Å². The smallest absolute Gasteiger partial charge is 0.0670 e. The van der Waals surface area contributed by atoms with Crippen LogP contribution in [0.25, 0.3) is 0 Å². The van der Waals surface area contributed by atoms with Gasteiger partial charge in [-0.3, -0.25) is 0 Å². The van der Waals surface area contributed by atoms with E-state index in [-0.39, 0.29) is 5.54 Å². The summed E-state index contributed by atoms with van der Waals surface area (Å²) in [5.74, 6) is 1.44. The van der Waals surface area contributed by atoms with Crippen LogP contribution >= 0.6 is 11.6 Å². The van der Waals surface area contributed by atoms with Gasteiger partial charge in [0.2, 0.25) is 0 Å². The zero-order chi connectivity index (χ0) is 13.8. The first-order chi connectivity index (χ1) is 9.56. The maximum absolute atomic E-state index is 10.8. The van der Waals surface area contributed by atoms with E-state index >= 15 is 0 Å². The topological polar surface area (TPSA) is 32.3 Å². The van der Waals surface area contributed by atoms with Crippen LogP contribution in [0.15, 0.2) is 24.3 Å². The first-order valence-electron chi connectivity index (χ1n) is 7.77. The van der Waals surface area contributed by atoms with Crippen molar-refractivity contribution in [1.29, 1.82) is 0 Å². The Morgan fingerprint density at radius 3 is 2.50 bits per heavy atom. The number of halogens is 1. The lowest BCUT2D eigenvalue weighted by atomic mass is 9.51. The van der Waals surface area contributed by atoms with Crippen molar-refractivity contribution in [2.24, 2.45) is 11.8 Å². The Morgan fingerprint density at radius 1 is 1.15 bits per heavy atom. The third-order valence-electron chi connectivity index (χ3n) is 5.64. The van der Waals surface area contributed by atoms with E-state index in [2.05, 4.69) is 11.4 Å². The molecule has 0 spiro atoms. The van der Waals surface area contributed by atoms with Crippen LogP contribution in [0.5, 0.6) is 0 Å². The monoisotopic (exact) mass is 291 g/mol. The lowest BCUT2D eigenvalue weighted by molar-refractivity contribution is -0.142. The van der Waals surface area contributed by atoms with Gasteiger partial charge >= 0.3 is 0 Å². The van der Waals surface area contributed by atoms with Crippen molar-refractivity contribution in [3.8, 4) is 0 Å². The molecule has 5 rings (SSSR count). The molecular formula is C17H22ClNO. The van der Waals surface area contributed by atoms with Gasteiger partial charge in [0.25, 0.3) is 0 Å². The summed E-state index contributed by atoms with van der Waals surface area (Å²) in [4.78, 5) is 0. The molecule has 0 saturated heterocycles. The van der Waals surface area contributed by atoms with Gasteiger partial charge in [-0.25, -0.2) is 0 Å². The van der Waals surface area contributed by atoms with Crippen molar-refractivity contribution in [1.82, 2.24) is 5.32 Å². The Balaban J connectivity index is 1.53. The maximum atomic E-state index is 10.8. The van der Waals surface area contributed by atoms with Gasteiger partial charge in [0.1, 0.15) is 0 Å². The average molecular weight is 292 g/mol. The standard InChI is InChI=1S/C17H22ClNO/c18-15-4-2-1-3-14(15)10-19-16-6-12-5-13(7-16)9-17(20,8-12)11-16/h1-4,12-13,19-20H,5-11H2/t12-,13-,16?,17?/m1/s1. The first-order valence-corrected chi connectivity index (χ1v) is 8.15. The molecule has 2 N–H and O–H groups in total. The summed E-state index contributed by atoms with van der Waals surface area (Å²) >= 11 is 6.25. The molecule has 4 fully saturated rings. The van der Waals surface area contributed by atoms with Gasteiger partial charge in [-0.2, -0.15) is 0 Å². The van der Waals surface area contributed by atoms with E-state index < -0.39 is 5.60 Å². The van der Waals surface area contributed by atoms with Gasteiger partial charge in [0, 0.05) is 17.1 Å². The molecule has 2 atom stereocenters. The first kappa shape index (κ1) is 13.1. The molecule has 108 valence electrons. The summed E-state index contributed by atoms with van der Waals surface area (Å²) in [5.41, 5.74) is 0.923. The Bertz CT molecular complexity index is 515. The fourth-order valence-corrected chi connectivity index (χ4v) is 5.55. The number of rotatable bonds is 3. The summed E-state index contributed by atoms with van der Waals surface area (Å²) in [6, 6.07) is 8.05. The number of hydrogen-bond acceptors (Lipinski definition) is 2. The summed E-state index contributed by atoms with van der Waals surface area (Å²) in [6.45, 7) is 0.815. The minimum absolute atomic E-state index is 0.151. The Kier molecular flexibility index (Phi) is 2.93. The highest BCUT2D eigenvalue weighted by Gasteiger charge is 2.56. The van der Waals surface area contributed by atoms with Crippen LogP contribution in [-0.4, -0.2) is 16.2 Å². The van der Waals surface area contributed by atoms with E-state index in [9.17, 15) is 5.11 Å². The summed E-state index contributed by atoms with van der Waals surface area (Å²) in [6.07, 6.45) is 6.78. The Hall–Kier alpha value is -0.570. The van der Waals surface area contributed by atoms with Gasteiger partial charge in [-0.05, 0) is 62.0 Å². The lowest BCUT2D eigenvalue weighted by Crippen LogP contribution is -2.64. The molecule has 0 heterocycles. The normalized spacial score (nSPS) is 42.1. The SMILES string of the molecule is OC12C[C@@H]3C[C@@H](C1)CC(NCc1ccccc1Cl)(C3)C2. The maximum Gasteiger partial charge on any atom is 0.0670 e. The van der Waals surface area contributed by atoms with Gasteiger partial charge in [0.05, 0.1) is 5.60 Å². The second-order valence-corrected chi connectivity index (χ2v) is 7.82. The molecule has 0 amide bonds. The average Bonchev–Trinajstić information content (AvgIpc) is 2.35. The zero-order valence-corrected chi connectivity index (χ0v) is 12.5. The van der Waals surface area contributed by atoms with E-state index in [1.807, 2.05) is 18.2 Å². The summed E-state index contributed by atoms with van der Waals surface area (Å²) in [5, 5.41) is 15.4. The Morgan fingerprint density at radius 2 is 1.85 bits per heavy atom. The van der Waals surface area contributed by atoms with E-state index in [4.69, 9.17) is 11.6 Å². The fourth-order valence-electron chi connectivity index (χ4n) is 5.35. The molecule has 0 aliphatic heterocycles. The molecule has 4 saturated carbocycles. The fraction of sp³-hybridized carbons (Fsp3) is 0.647. The predicted octanol–water partition coefficient (Wildman–Crippen LogP) is 3.51. The van der Waals surface area contributed by atoms with Crippen molar-refractivity contribution < 1.29 is 5.11 Å². The molecular weight excluding hydrogens is 270 g/mol. The second kappa shape index (κ2) is 4.46. The molecule has 20 heavy (non-hydrogen) atoms. The van der Waals surface area contributed by atoms with Crippen molar-refractivity contribution in [2.45, 2.75) is 56.2 Å². The van der Waals surface area contributed by atoms with Gasteiger partial charge < -0.3 is 10.4 Å². The van der Waals surface area contributed by atoms with Crippen LogP contribution < -0.4 is 5.32 Å². The molecule has 4 aliphatic carbocycles. The van der Waals surface area contributed by atoms with Crippen LogP contribution in [0.4, 0.5) is 0 Å². The quantitative estimate of drug-likeness (QED) is 0.893. The number of hydrogen-bond donors (Lipinski definition) is 2. The van der Waals surface area contributed by atoms with Crippen molar-refractivity contribution in [2.75, 3.05) is 0 Å². The predicted molar refractivity (Wildman–Crippen MR) is 80.7 cm³/mol. The molecule has 0 aromatic heterocycles.